The van der Waals surface area contributed by atoms with Gasteiger partial charge >= 0.3 is 6.03 Å². The van der Waals surface area contributed by atoms with Gasteiger partial charge in [0.2, 0.25) is 0 Å². The van der Waals surface area contributed by atoms with Crippen LogP contribution in [0.5, 0.6) is 0 Å². The van der Waals surface area contributed by atoms with Crippen molar-refractivity contribution in [1.29, 1.82) is 0 Å². The SMILES string of the molecule is C[C@@H]1CCCC[C@H]1OCCNC(=O)N1CCC(c2nncn2C)CC1. The number of hydrogen-bond acceptors (Lipinski definition) is 4. The minimum absolute atomic E-state index is 0.0247. The number of amides is 2. The molecule has 25 heavy (non-hydrogen) atoms. The van der Waals surface area contributed by atoms with Crippen LogP contribution in [0.15, 0.2) is 6.33 Å². The van der Waals surface area contributed by atoms with Gasteiger partial charge in [-0.2, -0.15) is 0 Å². The first-order valence-electron chi connectivity index (χ1n) is 9.63. The van der Waals surface area contributed by atoms with E-state index in [9.17, 15) is 4.79 Å². The van der Waals surface area contributed by atoms with Crippen molar-refractivity contribution in [1.82, 2.24) is 25.0 Å². The number of rotatable bonds is 5. The zero-order chi connectivity index (χ0) is 17.6. The van der Waals surface area contributed by atoms with Crippen LogP contribution in [0.25, 0.3) is 0 Å². The first kappa shape index (κ1) is 18.2. The largest absolute Gasteiger partial charge is 0.376 e. The number of carbonyl (C=O) groups excluding carboxylic acids is 1. The number of aromatic nitrogens is 3. The lowest BCUT2D eigenvalue weighted by Gasteiger charge is -2.32. The van der Waals surface area contributed by atoms with E-state index >= 15 is 0 Å². The van der Waals surface area contributed by atoms with Crippen molar-refractivity contribution in [3.05, 3.63) is 12.2 Å². The van der Waals surface area contributed by atoms with E-state index in [-0.39, 0.29) is 6.03 Å². The molecule has 2 aliphatic rings. The third kappa shape index (κ3) is 4.71. The molecule has 0 aromatic carbocycles. The molecule has 2 amide bonds. The summed E-state index contributed by atoms with van der Waals surface area (Å²) in [6.07, 6.45) is 8.99. The predicted octanol–water partition coefficient (Wildman–Crippen LogP) is 2.30. The minimum atomic E-state index is 0.0247. The summed E-state index contributed by atoms with van der Waals surface area (Å²) in [5.74, 6) is 2.06. The summed E-state index contributed by atoms with van der Waals surface area (Å²) in [6, 6.07) is 0.0247. The molecule has 1 saturated heterocycles. The Hall–Kier alpha value is -1.63. The second-order valence-corrected chi connectivity index (χ2v) is 7.46. The van der Waals surface area contributed by atoms with Crippen LogP contribution in [0.1, 0.15) is 57.2 Å². The molecule has 140 valence electrons. The van der Waals surface area contributed by atoms with Crippen LogP contribution in [-0.4, -0.2) is 58.0 Å². The zero-order valence-electron chi connectivity index (χ0n) is 15.5. The second kappa shape index (κ2) is 8.65. The molecule has 0 radical (unpaired) electrons. The number of carbonyl (C=O) groups is 1. The highest BCUT2D eigenvalue weighted by Crippen LogP contribution is 2.27. The van der Waals surface area contributed by atoms with E-state index in [2.05, 4.69) is 22.4 Å². The lowest BCUT2D eigenvalue weighted by Crippen LogP contribution is -2.45. The molecular formula is C18H31N5O2. The van der Waals surface area contributed by atoms with Crippen molar-refractivity contribution >= 4 is 6.03 Å². The average molecular weight is 349 g/mol. The number of hydrogen-bond donors (Lipinski definition) is 1. The highest BCUT2D eigenvalue weighted by molar-refractivity contribution is 5.74. The maximum absolute atomic E-state index is 12.3. The van der Waals surface area contributed by atoms with Gasteiger partial charge in [-0.05, 0) is 31.6 Å². The van der Waals surface area contributed by atoms with E-state index in [0.29, 0.717) is 31.1 Å². The summed E-state index contributed by atoms with van der Waals surface area (Å²) in [4.78, 5) is 14.2. The quantitative estimate of drug-likeness (QED) is 0.828. The molecule has 0 spiro atoms. The Bertz CT molecular complexity index is 553. The second-order valence-electron chi connectivity index (χ2n) is 7.46. The molecule has 2 atom stereocenters. The highest BCUT2D eigenvalue weighted by atomic mass is 16.5. The van der Waals surface area contributed by atoms with Crippen LogP contribution in [0.3, 0.4) is 0 Å². The Kier molecular flexibility index (Phi) is 6.29. The molecule has 2 heterocycles. The third-order valence-electron chi connectivity index (χ3n) is 5.64. The van der Waals surface area contributed by atoms with Gasteiger partial charge in [0.25, 0.3) is 0 Å². The summed E-state index contributed by atoms with van der Waals surface area (Å²) in [5, 5.41) is 11.1. The molecule has 1 aromatic heterocycles. The normalized spacial score (nSPS) is 25.1. The van der Waals surface area contributed by atoms with Crippen LogP contribution in [-0.2, 0) is 11.8 Å². The smallest absolute Gasteiger partial charge is 0.317 e. The van der Waals surface area contributed by atoms with E-state index in [1.165, 1.54) is 19.3 Å². The van der Waals surface area contributed by atoms with Crippen molar-refractivity contribution < 1.29 is 9.53 Å². The topological polar surface area (TPSA) is 72.3 Å². The Morgan fingerprint density at radius 1 is 1.28 bits per heavy atom. The van der Waals surface area contributed by atoms with Crippen molar-refractivity contribution in [2.24, 2.45) is 13.0 Å². The monoisotopic (exact) mass is 349 g/mol. The van der Waals surface area contributed by atoms with Crippen LogP contribution in [0, 0.1) is 5.92 Å². The number of likely N-dealkylation sites (tertiary alicyclic amines) is 1. The van der Waals surface area contributed by atoms with Crippen LogP contribution >= 0.6 is 0 Å². The molecular weight excluding hydrogens is 318 g/mol. The maximum atomic E-state index is 12.3. The van der Waals surface area contributed by atoms with Gasteiger partial charge in [-0.15, -0.1) is 10.2 Å². The first-order valence-corrected chi connectivity index (χ1v) is 9.63. The van der Waals surface area contributed by atoms with Gasteiger partial charge in [0.15, 0.2) is 0 Å². The van der Waals surface area contributed by atoms with E-state index in [1.54, 1.807) is 6.33 Å². The summed E-state index contributed by atoms with van der Waals surface area (Å²) in [7, 11) is 1.97. The molecule has 1 aliphatic heterocycles. The molecule has 0 unspecified atom stereocenters. The molecule has 7 nitrogen and oxygen atoms in total. The standard InChI is InChI=1S/C18H31N5O2/c1-14-5-3-4-6-16(14)25-12-9-19-18(24)23-10-7-15(8-11-23)17-21-20-13-22(17)2/h13-16H,3-12H2,1-2H3,(H,19,24)/t14-,16-/m1/s1. The van der Waals surface area contributed by atoms with Crippen LogP contribution in [0.2, 0.25) is 0 Å². The van der Waals surface area contributed by atoms with Gasteiger partial charge in [-0.1, -0.05) is 19.8 Å². The zero-order valence-corrected chi connectivity index (χ0v) is 15.5. The fraction of sp³-hybridized carbons (Fsp3) is 0.833. The summed E-state index contributed by atoms with van der Waals surface area (Å²) in [6.45, 7) is 5.00. The van der Waals surface area contributed by atoms with Crippen molar-refractivity contribution in [2.75, 3.05) is 26.2 Å². The van der Waals surface area contributed by atoms with Crippen molar-refractivity contribution in [2.45, 2.75) is 57.5 Å². The van der Waals surface area contributed by atoms with E-state index in [4.69, 9.17) is 4.74 Å². The van der Waals surface area contributed by atoms with Gasteiger partial charge in [-0.25, -0.2) is 4.79 Å². The third-order valence-corrected chi connectivity index (χ3v) is 5.64. The van der Waals surface area contributed by atoms with Gasteiger partial charge < -0.3 is 19.5 Å². The lowest BCUT2D eigenvalue weighted by molar-refractivity contribution is -0.00277. The number of urea groups is 1. The number of aryl methyl sites for hydroxylation is 1. The molecule has 3 rings (SSSR count). The molecule has 1 aromatic rings. The summed E-state index contributed by atoms with van der Waals surface area (Å²) in [5.41, 5.74) is 0. The fourth-order valence-corrected chi connectivity index (χ4v) is 4.01. The minimum Gasteiger partial charge on any atom is -0.376 e. The molecule has 1 N–H and O–H groups in total. The molecule has 2 fully saturated rings. The molecule has 0 bridgehead atoms. The number of piperidine rings is 1. The molecule has 1 aliphatic carbocycles. The highest BCUT2D eigenvalue weighted by Gasteiger charge is 2.26. The summed E-state index contributed by atoms with van der Waals surface area (Å²) >= 11 is 0. The van der Waals surface area contributed by atoms with E-state index in [1.807, 2.05) is 16.5 Å². The fourth-order valence-electron chi connectivity index (χ4n) is 4.01. The van der Waals surface area contributed by atoms with Gasteiger partial charge in [0.1, 0.15) is 12.2 Å². The maximum Gasteiger partial charge on any atom is 0.317 e. The number of nitrogens with zero attached hydrogens (tertiary/aromatic N) is 4. The molecule has 7 heteroatoms. The Labute approximate surface area is 150 Å². The Morgan fingerprint density at radius 3 is 2.72 bits per heavy atom. The number of nitrogens with one attached hydrogen (secondary N) is 1. The van der Waals surface area contributed by atoms with Crippen molar-refractivity contribution in [3.63, 3.8) is 0 Å². The van der Waals surface area contributed by atoms with Crippen molar-refractivity contribution in [3.8, 4) is 0 Å². The van der Waals surface area contributed by atoms with Crippen LogP contribution in [0.4, 0.5) is 4.79 Å². The number of ether oxygens (including phenoxy) is 1. The van der Waals surface area contributed by atoms with Crippen LogP contribution < -0.4 is 5.32 Å². The molecule has 1 saturated carbocycles. The van der Waals surface area contributed by atoms with Gasteiger partial charge in [0.05, 0.1) is 12.7 Å². The summed E-state index contributed by atoms with van der Waals surface area (Å²) < 4.78 is 7.94. The Balaban J connectivity index is 1.33. The van der Waals surface area contributed by atoms with Gasteiger partial charge in [-0.3, -0.25) is 0 Å². The lowest BCUT2D eigenvalue weighted by atomic mass is 9.88. The van der Waals surface area contributed by atoms with E-state index in [0.717, 1.165) is 38.2 Å². The average Bonchev–Trinajstić information content (AvgIpc) is 3.06. The van der Waals surface area contributed by atoms with E-state index < -0.39 is 0 Å². The first-order chi connectivity index (χ1) is 12.1. The predicted molar refractivity (Wildman–Crippen MR) is 95.3 cm³/mol. The Morgan fingerprint density at radius 2 is 2.04 bits per heavy atom. The van der Waals surface area contributed by atoms with Gasteiger partial charge in [0, 0.05) is 32.6 Å².